The van der Waals surface area contributed by atoms with E-state index in [9.17, 15) is 9.90 Å². The maximum absolute atomic E-state index is 12.1. The largest absolute Gasteiger partial charge is 0.392 e. The first-order valence-corrected chi connectivity index (χ1v) is 8.42. The van der Waals surface area contributed by atoms with Crippen molar-refractivity contribution >= 4 is 16.9 Å². The summed E-state index contributed by atoms with van der Waals surface area (Å²) >= 11 is 0. The molecule has 0 saturated carbocycles. The number of carbonyl (C=O) groups is 1. The highest BCUT2D eigenvalue weighted by atomic mass is 16.3. The summed E-state index contributed by atoms with van der Waals surface area (Å²) in [5, 5.41) is 15.4. The SMILES string of the molecule is O=C(NCc1ccc(-c2nc3ccccc3[nH]2)cc1)C1CC(O)CN1. The first-order valence-electron chi connectivity index (χ1n) is 8.42. The molecule has 1 fully saturated rings. The van der Waals surface area contributed by atoms with Crippen LogP contribution in [0.3, 0.4) is 0 Å². The van der Waals surface area contributed by atoms with Crippen molar-refractivity contribution in [3.8, 4) is 11.4 Å². The first-order chi connectivity index (χ1) is 12.2. The summed E-state index contributed by atoms with van der Waals surface area (Å²) in [6.45, 7) is 0.942. The zero-order valence-corrected chi connectivity index (χ0v) is 13.7. The molecule has 4 rings (SSSR count). The lowest BCUT2D eigenvalue weighted by Gasteiger charge is -2.11. The quantitative estimate of drug-likeness (QED) is 0.582. The summed E-state index contributed by atoms with van der Waals surface area (Å²) in [5.74, 6) is 0.763. The zero-order valence-electron chi connectivity index (χ0n) is 13.7. The summed E-state index contributed by atoms with van der Waals surface area (Å²) in [6.07, 6.45) is 0.0374. The average molecular weight is 336 g/mol. The van der Waals surface area contributed by atoms with Crippen LogP contribution in [-0.2, 0) is 11.3 Å². The molecule has 0 bridgehead atoms. The molecule has 1 aromatic heterocycles. The summed E-state index contributed by atoms with van der Waals surface area (Å²) in [7, 11) is 0. The van der Waals surface area contributed by atoms with E-state index in [0.717, 1.165) is 28.0 Å². The molecular formula is C19H20N4O2. The fourth-order valence-electron chi connectivity index (χ4n) is 3.10. The Morgan fingerprint density at radius 2 is 2.00 bits per heavy atom. The third kappa shape index (κ3) is 3.40. The van der Waals surface area contributed by atoms with Crippen molar-refractivity contribution in [3.05, 3.63) is 54.1 Å². The van der Waals surface area contributed by atoms with Crippen LogP contribution >= 0.6 is 0 Å². The van der Waals surface area contributed by atoms with Gasteiger partial charge in [0.15, 0.2) is 0 Å². The van der Waals surface area contributed by atoms with Crippen molar-refractivity contribution in [2.75, 3.05) is 6.54 Å². The number of nitrogens with zero attached hydrogens (tertiary/aromatic N) is 1. The van der Waals surface area contributed by atoms with Crippen molar-refractivity contribution in [1.29, 1.82) is 0 Å². The van der Waals surface area contributed by atoms with E-state index >= 15 is 0 Å². The minimum atomic E-state index is -0.432. The number of nitrogens with one attached hydrogen (secondary N) is 3. The van der Waals surface area contributed by atoms with Gasteiger partial charge >= 0.3 is 0 Å². The van der Waals surface area contributed by atoms with Gasteiger partial charge in [-0.1, -0.05) is 36.4 Å². The van der Waals surface area contributed by atoms with Gasteiger partial charge in [0.25, 0.3) is 0 Å². The average Bonchev–Trinajstić information content (AvgIpc) is 3.26. The molecule has 25 heavy (non-hydrogen) atoms. The van der Waals surface area contributed by atoms with E-state index in [1.54, 1.807) is 0 Å². The maximum Gasteiger partial charge on any atom is 0.237 e. The van der Waals surface area contributed by atoms with Crippen molar-refractivity contribution in [2.24, 2.45) is 0 Å². The van der Waals surface area contributed by atoms with Crippen molar-refractivity contribution < 1.29 is 9.90 Å². The topological polar surface area (TPSA) is 90.0 Å². The molecule has 4 N–H and O–H groups in total. The molecule has 6 nitrogen and oxygen atoms in total. The fraction of sp³-hybridized carbons (Fsp3) is 0.263. The van der Waals surface area contributed by atoms with Gasteiger partial charge in [0.05, 0.1) is 23.2 Å². The number of hydrogen-bond donors (Lipinski definition) is 4. The number of para-hydroxylation sites is 2. The molecule has 2 heterocycles. The second-order valence-corrected chi connectivity index (χ2v) is 6.37. The minimum absolute atomic E-state index is 0.0714. The van der Waals surface area contributed by atoms with Crippen LogP contribution in [0.5, 0.6) is 0 Å². The molecule has 0 radical (unpaired) electrons. The van der Waals surface area contributed by atoms with E-state index in [0.29, 0.717) is 19.5 Å². The first kappa shape index (κ1) is 15.8. The van der Waals surface area contributed by atoms with Crippen LogP contribution in [0.2, 0.25) is 0 Å². The molecule has 1 amide bonds. The monoisotopic (exact) mass is 336 g/mol. The third-order valence-electron chi connectivity index (χ3n) is 4.51. The Labute approximate surface area is 145 Å². The van der Waals surface area contributed by atoms with Gasteiger partial charge in [-0.2, -0.15) is 0 Å². The van der Waals surface area contributed by atoms with Gasteiger partial charge in [0.1, 0.15) is 5.82 Å². The lowest BCUT2D eigenvalue weighted by molar-refractivity contribution is -0.123. The number of carbonyl (C=O) groups excluding carboxylic acids is 1. The number of β-amino-alcohol motifs (C(OH)–C–C–N with tert-alkyl or cyclic N) is 1. The smallest absolute Gasteiger partial charge is 0.237 e. The fourth-order valence-corrected chi connectivity index (χ4v) is 3.10. The number of imidazole rings is 1. The predicted molar refractivity (Wildman–Crippen MR) is 95.8 cm³/mol. The van der Waals surface area contributed by atoms with E-state index in [2.05, 4.69) is 20.6 Å². The Hall–Kier alpha value is -2.70. The van der Waals surface area contributed by atoms with Gasteiger partial charge in [-0.05, 0) is 24.1 Å². The molecule has 1 aliphatic heterocycles. The molecule has 2 aromatic carbocycles. The van der Waals surface area contributed by atoms with Gasteiger partial charge < -0.3 is 20.7 Å². The number of aliphatic hydroxyl groups excluding tert-OH is 1. The second-order valence-electron chi connectivity index (χ2n) is 6.37. The van der Waals surface area contributed by atoms with Crippen LogP contribution in [0.1, 0.15) is 12.0 Å². The number of benzene rings is 2. The Morgan fingerprint density at radius 3 is 2.72 bits per heavy atom. The summed E-state index contributed by atoms with van der Waals surface area (Å²) in [4.78, 5) is 20.0. The molecule has 6 heteroatoms. The highest BCUT2D eigenvalue weighted by Gasteiger charge is 2.27. The maximum atomic E-state index is 12.1. The molecular weight excluding hydrogens is 316 g/mol. The lowest BCUT2D eigenvalue weighted by atomic mass is 10.1. The normalized spacial score (nSPS) is 20.0. The minimum Gasteiger partial charge on any atom is -0.392 e. The van der Waals surface area contributed by atoms with E-state index < -0.39 is 6.10 Å². The van der Waals surface area contributed by atoms with Gasteiger partial charge in [-0.25, -0.2) is 4.98 Å². The van der Waals surface area contributed by atoms with E-state index in [-0.39, 0.29) is 11.9 Å². The molecule has 2 unspecified atom stereocenters. The second kappa shape index (κ2) is 6.66. The van der Waals surface area contributed by atoms with Crippen LogP contribution in [0.25, 0.3) is 22.4 Å². The van der Waals surface area contributed by atoms with E-state index in [1.165, 1.54) is 0 Å². The highest BCUT2D eigenvalue weighted by molar-refractivity contribution is 5.82. The van der Waals surface area contributed by atoms with Gasteiger partial charge in [0.2, 0.25) is 5.91 Å². The Morgan fingerprint density at radius 1 is 1.20 bits per heavy atom. The molecule has 1 saturated heterocycles. The number of hydrogen-bond acceptors (Lipinski definition) is 4. The van der Waals surface area contributed by atoms with Gasteiger partial charge in [-0.15, -0.1) is 0 Å². The summed E-state index contributed by atoms with van der Waals surface area (Å²) < 4.78 is 0. The highest BCUT2D eigenvalue weighted by Crippen LogP contribution is 2.20. The summed E-state index contributed by atoms with van der Waals surface area (Å²) in [6, 6.07) is 15.6. The van der Waals surface area contributed by atoms with Crippen molar-refractivity contribution in [3.63, 3.8) is 0 Å². The molecule has 3 aromatic rings. The van der Waals surface area contributed by atoms with Crippen LogP contribution in [0.15, 0.2) is 48.5 Å². The number of aliphatic hydroxyl groups is 1. The number of amides is 1. The van der Waals surface area contributed by atoms with Gasteiger partial charge in [-0.3, -0.25) is 4.79 Å². The Balaban J connectivity index is 1.40. The van der Waals surface area contributed by atoms with Crippen LogP contribution in [-0.4, -0.2) is 39.7 Å². The van der Waals surface area contributed by atoms with Crippen LogP contribution < -0.4 is 10.6 Å². The molecule has 2 atom stereocenters. The van der Waals surface area contributed by atoms with Gasteiger partial charge in [0, 0.05) is 18.7 Å². The Kier molecular flexibility index (Phi) is 4.21. The van der Waals surface area contributed by atoms with Crippen molar-refractivity contribution in [2.45, 2.75) is 25.1 Å². The van der Waals surface area contributed by atoms with Crippen LogP contribution in [0, 0.1) is 0 Å². The van der Waals surface area contributed by atoms with E-state index in [1.807, 2.05) is 48.5 Å². The number of H-pyrrole nitrogens is 1. The molecule has 1 aliphatic rings. The zero-order chi connectivity index (χ0) is 17.2. The Bertz CT molecular complexity index is 855. The van der Waals surface area contributed by atoms with Crippen LogP contribution in [0.4, 0.5) is 0 Å². The molecule has 0 aliphatic carbocycles. The third-order valence-corrected chi connectivity index (χ3v) is 4.51. The molecule has 128 valence electrons. The number of fused-ring (bicyclic) bond motifs is 1. The lowest BCUT2D eigenvalue weighted by Crippen LogP contribution is -2.39. The number of rotatable bonds is 4. The standard InChI is InChI=1S/C19H20N4O2/c24-14-9-17(20-11-14)19(25)21-10-12-5-7-13(8-6-12)18-22-15-3-1-2-4-16(15)23-18/h1-8,14,17,20,24H,9-11H2,(H,21,25)(H,22,23). The molecule has 0 spiro atoms. The summed E-state index contributed by atoms with van der Waals surface area (Å²) in [5.41, 5.74) is 3.98. The van der Waals surface area contributed by atoms with Crippen molar-refractivity contribution in [1.82, 2.24) is 20.6 Å². The van der Waals surface area contributed by atoms with E-state index in [4.69, 9.17) is 0 Å². The predicted octanol–water partition coefficient (Wildman–Crippen LogP) is 1.57. The number of aromatic nitrogens is 2. The number of aromatic amines is 1.